The van der Waals surface area contributed by atoms with Crippen molar-refractivity contribution >= 4 is 17.1 Å². The standard InChI is InChI=1S/C24H32N6O4/c1-26-21-20(22(31)27(2)24(26)32)30-10-3-9-29(23(30)25-21)11-8-18-4-6-19(7-5-18)34-17-14-28-12-15-33-16-13-28/h4-7H,3,8-17H2,1-2H3. The van der Waals surface area contributed by atoms with Crippen molar-refractivity contribution in [3.05, 3.63) is 50.7 Å². The molecule has 1 fully saturated rings. The average Bonchev–Trinajstić information content (AvgIpc) is 3.27. The summed E-state index contributed by atoms with van der Waals surface area (Å²) >= 11 is 0. The van der Waals surface area contributed by atoms with Crippen LogP contribution >= 0.6 is 0 Å². The Morgan fingerprint density at radius 2 is 1.74 bits per heavy atom. The molecular weight excluding hydrogens is 436 g/mol. The molecule has 182 valence electrons. The van der Waals surface area contributed by atoms with Crippen LogP contribution in [0.5, 0.6) is 5.75 Å². The molecule has 0 radical (unpaired) electrons. The monoisotopic (exact) mass is 468 g/mol. The van der Waals surface area contributed by atoms with Crippen LogP contribution in [-0.4, -0.2) is 76.1 Å². The molecule has 2 aromatic heterocycles. The Morgan fingerprint density at radius 3 is 2.50 bits per heavy atom. The van der Waals surface area contributed by atoms with E-state index in [1.807, 2.05) is 16.7 Å². The number of aryl methyl sites for hydroxylation is 2. The van der Waals surface area contributed by atoms with Gasteiger partial charge in [0, 0.05) is 53.4 Å². The van der Waals surface area contributed by atoms with Crippen molar-refractivity contribution in [2.24, 2.45) is 14.1 Å². The van der Waals surface area contributed by atoms with Crippen molar-refractivity contribution in [1.82, 2.24) is 23.6 Å². The lowest BCUT2D eigenvalue weighted by atomic mass is 10.1. The predicted octanol–water partition coefficient (Wildman–Crippen LogP) is 0.598. The summed E-state index contributed by atoms with van der Waals surface area (Å²) in [6, 6.07) is 8.27. The summed E-state index contributed by atoms with van der Waals surface area (Å²) in [6.45, 7) is 7.52. The van der Waals surface area contributed by atoms with Gasteiger partial charge in [0.25, 0.3) is 5.56 Å². The zero-order chi connectivity index (χ0) is 23.7. The van der Waals surface area contributed by atoms with Crippen molar-refractivity contribution in [3.8, 4) is 5.75 Å². The maximum absolute atomic E-state index is 12.8. The molecule has 0 spiro atoms. The van der Waals surface area contributed by atoms with Crippen LogP contribution in [0.25, 0.3) is 11.2 Å². The van der Waals surface area contributed by atoms with Crippen LogP contribution < -0.4 is 20.9 Å². The molecule has 0 amide bonds. The van der Waals surface area contributed by atoms with Gasteiger partial charge in [0.15, 0.2) is 11.2 Å². The molecule has 10 nitrogen and oxygen atoms in total. The first-order valence-corrected chi connectivity index (χ1v) is 12.0. The third-order valence-corrected chi connectivity index (χ3v) is 6.79. The number of nitrogens with zero attached hydrogens (tertiary/aromatic N) is 6. The molecule has 0 aliphatic carbocycles. The molecule has 4 heterocycles. The molecule has 2 aliphatic rings. The number of hydrogen-bond donors (Lipinski definition) is 0. The summed E-state index contributed by atoms with van der Waals surface area (Å²) in [6.07, 6.45) is 1.79. The van der Waals surface area contributed by atoms with E-state index >= 15 is 0 Å². The third kappa shape index (κ3) is 4.35. The van der Waals surface area contributed by atoms with Crippen LogP contribution in [0.4, 0.5) is 5.95 Å². The van der Waals surface area contributed by atoms with E-state index < -0.39 is 0 Å². The summed E-state index contributed by atoms with van der Waals surface area (Å²) in [4.78, 5) is 34.4. The molecule has 1 saturated heterocycles. The van der Waals surface area contributed by atoms with E-state index in [2.05, 4.69) is 21.9 Å². The predicted molar refractivity (Wildman–Crippen MR) is 130 cm³/mol. The number of fused-ring (bicyclic) bond motifs is 3. The summed E-state index contributed by atoms with van der Waals surface area (Å²) in [5.41, 5.74) is 1.53. The number of imidazole rings is 1. The molecule has 0 atom stereocenters. The van der Waals surface area contributed by atoms with Crippen LogP contribution in [0.3, 0.4) is 0 Å². The van der Waals surface area contributed by atoms with Gasteiger partial charge in [-0.25, -0.2) is 4.79 Å². The molecule has 3 aromatic rings. The summed E-state index contributed by atoms with van der Waals surface area (Å²) in [5.74, 6) is 1.65. The van der Waals surface area contributed by atoms with Gasteiger partial charge in [0.05, 0.1) is 13.2 Å². The highest BCUT2D eigenvalue weighted by molar-refractivity contribution is 5.74. The molecule has 2 aliphatic heterocycles. The maximum Gasteiger partial charge on any atom is 0.332 e. The van der Waals surface area contributed by atoms with Gasteiger partial charge >= 0.3 is 5.69 Å². The van der Waals surface area contributed by atoms with E-state index in [9.17, 15) is 9.59 Å². The van der Waals surface area contributed by atoms with Gasteiger partial charge in [-0.15, -0.1) is 0 Å². The van der Waals surface area contributed by atoms with Gasteiger partial charge in [-0.05, 0) is 30.5 Å². The van der Waals surface area contributed by atoms with Crippen LogP contribution in [0.1, 0.15) is 12.0 Å². The fourth-order valence-electron chi connectivity index (χ4n) is 4.75. The highest BCUT2D eigenvalue weighted by Crippen LogP contribution is 2.24. The van der Waals surface area contributed by atoms with Gasteiger partial charge in [-0.3, -0.25) is 18.8 Å². The zero-order valence-electron chi connectivity index (χ0n) is 19.9. The molecule has 34 heavy (non-hydrogen) atoms. The fraction of sp³-hybridized carbons (Fsp3) is 0.542. The summed E-state index contributed by atoms with van der Waals surface area (Å²) < 4.78 is 15.9. The SMILES string of the molecule is Cn1c(=O)c2c(nc3n2CCCN3CCc2ccc(OCCN3CCOCC3)cc2)n(C)c1=O. The van der Waals surface area contributed by atoms with E-state index in [1.54, 1.807) is 7.05 Å². The van der Waals surface area contributed by atoms with E-state index in [1.165, 1.54) is 17.2 Å². The quantitative estimate of drug-likeness (QED) is 0.502. The van der Waals surface area contributed by atoms with Crippen LogP contribution in [0.2, 0.25) is 0 Å². The van der Waals surface area contributed by atoms with Gasteiger partial charge in [-0.1, -0.05) is 12.1 Å². The molecule has 0 N–H and O–H groups in total. The zero-order valence-corrected chi connectivity index (χ0v) is 19.9. The Labute approximate surface area is 197 Å². The molecular formula is C24H32N6O4. The van der Waals surface area contributed by atoms with Crippen molar-refractivity contribution in [2.75, 3.05) is 57.4 Å². The summed E-state index contributed by atoms with van der Waals surface area (Å²) in [7, 11) is 3.18. The Bertz CT molecular complexity index is 1270. The molecule has 0 bridgehead atoms. The first-order valence-electron chi connectivity index (χ1n) is 12.0. The fourth-order valence-corrected chi connectivity index (χ4v) is 4.75. The average molecular weight is 469 g/mol. The number of anilines is 1. The third-order valence-electron chi connectivity index (χ3n) is 6.79. The topological polar surface area (TPSA) is 86.8 Å². The maximum atomic E-state index is 12.8. The van der Waals surface area contributed by atoms with Crippen molar-refractivity contribution in [3.63, 3.8) is 0 Å². The number of benzene rings is 1. The van der Waals surface area contributed by atoms with Crippen molar-refractivity contribution < 1.29 is 9.47 Å². The second-order valence-corrected chi connectivity index (χ2v) is 8.98. The van der Waals surface area contributed by atoms with Gasteiger partial charge in [0.2, 0.25) is 5.95 Å². The second kappa shape index (κ2) is 9.63. The Balaban J connectivity index is 1.23. The number of aromatic nitrogens is 4. The van der Waals surface area contributed by atoms with Gasteiger partial charge in [0.1, 0.15) is 12.4 Å². The van der Waals surface area contributed by atoms with E-state index in [0.717, 1.165) is 81.6 Å². The Morgan fingerprint density at radius 1 is 0.971 bits per heavy atom. The molecule has 5 rings (SSSR count). The minimum Gasteiger partial charge on any atom is -0.492 e. The molecule has 0 unspecified atom stereocenters. The molecule has 1 aromatic carbocycles. The number of morpholine rings is 1. The smallest absolute Gasteiger partial charge is 0.332 e. The van der Waals surface area contributed by atoms with Crippen LogP contribution in [0.15, 0.2) is 33.9 Å². The normalized spacial score (nSPS) is 16.7. The second-order valence-electron chi connectivity index (χ2n) is 8.98. The largest absolute Gasteiger partial charge is 0.492 e. The Hall–Kier alpha value is -3.11. The van der Waals surface area contributed by atoms with E-state index in [4.69, 9.17) is 14.5 Å². The summed E-state index contributed by atoms with van der Waals surface area (Å²) in [5, 5.41) is 0. The van der Waals surface area contributed by atoms with E-state index in [-0.39, 0.29) is 11.2 Å². The van der Waals surface area contributed by atoms with Crippen molar-refractivity contribution in [2.45, 2.75) is 19.4 Å². The van der Waals surface area contributed by atoms with E-state index in [0.29, 0.717) is 17.8 Å². The van der Waals surface area contributed by atoms with Crippen LogP contribution in [-0.2, 0) is 31.8 Å². The van der Waals surface area contributed by atoms with Crippen molar-refractivity contribution in [1.29, 1.82) is 0 Å². The number of rotatable bonds is 7. The lowest BCUT2D eigenvalue weighted by molar-refractivity contribution is 0.0322. The van der Waals surface area contributed by atoms with Gasteiger partial charge in [-0.2, -0.15) is 4.98 Å². The molecule has 10 heteroatoms. The first-order chi connectivity index (χ1) is 16.5. The highest BCUT2D eigenvalue weighted by Gasteiger charge is 2.25. The van der Waals surface area contributed by atoms with Gasteiger partial charge < -0.3 is 18.9 Å². The van der Waals surface area contributed by atoms with Crippen LogP contribution in [0, 0.1) is 0 Å². The number of hydrogen-bond acceptors (Lipinski definition) is 7. The lowest BCUT2D eigenvalue weighted by Gasteiger charge is -2.29. The first kappa shape index (κ1) is 22.7. The molecule has 0 saturated carbocycles. The highest BCUT2D eigenvalue weighted by atomic mass is 16.5. The Kier molecular flexibility index (Phi) is 6.42. The lowest BCUT2D eigenvalue weighted by Crippen LogP contribution is -2.38. The minimum atomic E-state index is -0.355. The minimum absolute atomic E-state index is 0.289. The number of ether oxygens (including phenoxy) is 2.